The number of pyridine rings is 1. The molecule has 1 aromatic carbocycles. The number of ether oxygens (including phenoxy) is 1. The number of anilines is 1. The van der Waals surface area contributed by atoms with Crippen molar-refractivity contribution in [1.29, 1.82) is 0 Å². The number of amides is 1. The van der Waals surface area contributed by atoms with Gasteiger partial charge in [0.2, 0.25) is 5.82 Å². The molecule has 0 radical (unpaired) electrons. The Morgan fingerprint density at radius 3 is 2.00 bits per heavy atom. The van der Waals surface area contributed by atoms with E-state index in [4.69, 9.17) is 36.1 Å². The number of aliphatic carboxylic acids is 2. The minimum absolute atomic E-state index is 0.118. The van der Waals surface area contributed by atoms with Crippen molar-refractivity contribution in [3.05, 3.63) is 65.0 Å². The minimum Gasteiger partial charge on any atom is -0.475 e. The number of hydrogen-bond donors (Lipinski definition) is 3. The molecule has 4 rings (SSSR count). The van der Waals surface area contributed by atoms with E-state index in [1.807, 2.05) is 0 Å². The zero-order valence-corrected chi connectivity index (χ0v) is 21.2. The molecule has 0 atom stereocenters. The maximum absolute atomic E-state index is 14.5. The van der Waals surface area contributed by atoms with E-state index in [0.717, 1.165) is 13.1 Å². The number of carbonyl (C=O) groups is 3. The molecule has 2 aromatic heterocycles. The molecular formula is C23H20ClF7N4O6. The van der Waals surface area contributed by atoms with E-state index >= 15 is 0 Å². The SMILES string of the molecule is O=C(Nc1ccccc1Cl)c1nc(CN2CCOCC2)c2c(F)cccn12.O=C(O)C(F)(F)F.O=C(O)C(F)(F)F. The number of imidazole rings is 1. The summed E-state index contributed by atoms with van der Waals surface area (Å²) in [6.07, 6.45) is -8.53. The third kappa shape index (κ3) is 9.87. The van der Waals surface area contributed by atoms with Gasteiger partial charge in [-0.3, -0.25) is 14.1 Å². The highest BCUT2D eigenvalue weighted by molar-refractivity contribution is 6.33. The third-order valence-electron chi connectivity index (χ3n) is 4.97. The predicted molar refractivity (Wildman–Crippen MR) is 128 cm³/mol. The number of alkyl halides is 6. The van der Waals surface area contributed by atoms with Crippen molar-refractivity contribution in [2.45, 2.75) is 18.9 Å². The summed E-state index contributed by atoms with van der Waals surface area (Å²) in [6.45, 7) is 3.21. The Hall–Kier alpha value is -3.96. The second-order valence-electron chi connectivity index (χ2n) is 7.89. The Kier molecular flexibility index (Phi) is 11.4. The highest BCUT2D eigenvalue weighted by Gasteiger charge is 2.38. The van der Waals surface area contributed by atoms with Crippen molar-refractivity contribution in [2.75, 3.05) is 31.6 Å². The van der Waals surface area contributed by atoms with Crippen molar-refractivity contribution < 1.29 is 60.1 Å². The van der Waals surface area contributed by atoms with Crippen LogP contribution in [0.3, 0.4) is 0 Å². The van der Waals surface area contributed by atoms with Gasteiger partial charge in [-0.2, -0.15) is 26.3 Å². The molecule has 0 spiro atoms. The van der Waals surface area contributed by atoms with Crippen molar-refractivity contribution in [2.24, 2.45) is 0 Å². The number of carboxylic acid groups (broad SMARTS) is 2. The van der Waals surface area contributed by atoms with Crippen LogP contribution in [0.2, 0.25) is 5.02 Å². The summed E-state index contributed by atoms with van der Waals surface area (Å²) >= 11 is 6.11. The standard InChI is InChI=1S/C19H18ClFN4O2.2C2HF3O2/c20-13-4-1-2-6-15(13)23-19(26)18-22-16(12-24-8-10-27-11-9-24)17-14(21)5-3-7-25(17)18;2*3-2(4,5)1(6)7/h1-7H,8-12H2,(H,23,26);2*(H,6,7). The number of fused-ring (bicyclic) bond motifs is 1. The number of halogens is 8. The number of hydrogen-bond acceptors (Lipinski definition) is 6. The van der Waals surface area contributed by atoms with Crippen LogP contribution in [0.25, 0.3) is 5.52 Å². The van der Waals surface area contributed by atoms with E-state index in [1.54, 1.807) is 36.5 Å². The Bertz CT molecular complexity index is 1350. The van der Waals surface area contributed by atoms with Gasteiger partial charge < -0.3 is 20.3 Å². The normalized spacial score (nSPS) is 13.9. The molecule has 1 aliphatic rings. The summed E-state index contributed by atoms with van der Waals surface area (Å²) in [7, 11) is 0. The number of carboxylic acids is 2. The van der Waals surface area contributed by atoms with Gasteiger partial charge in [-0.1, -0.05) is 23.7 Å². The number of carbonyl (C=O) groups excluding carboxylic acids is 1. The van der Waals surface area contributed by atoms with E-state index in [0.29, 0.717) is 41.7 Å². The van der Waals surface area contributed by atoms with E-state index in [-0.39, 0.29) is 5.82 Å². The number of aromatic nitrogens is 2. The molecule has 0 bridgehead atoms. The van der Waals surface area contributed by atoms with Gasteiger partial charge in [0, 0.05) is 25.8 Å². The Labute approximate surface area is 230 Å². The predicted octanol–water partition coefficient (Wildman–Crippen LogP) is 4.48. The van der Waals surface area contributed by atoms with Gasteiger partial charge in [-0.05, 0) is 24.3 Å². The fourth-order valence-electron chi connectivity index (χ4n) is 3.15. The quantitative estimate of drug-likeness (QED) is 0.366. The van der Waals surface area contributed by atoms with Gasteiger partial charge >= 0.3 is 24.3 Å². The van der Waals surface area contributed by atoms with Crippen molar-refractivity contribution in [3.63, 3.8) is 0 Å². The molecule has 1 aliphatic heterocycles. The number of rotatable bonds is 4. The first-order valence-corrected chi connectivity index (χ1v) is 11.5. The molecule has 18 heteroatoms. The molecule has 1 amide bonds. The maximum atomic E-state index is 14.5. The zero-order valence-electron chi connectivity index (χ0n) is 20.5. The van der Waals surface area contributed by atoms with Crippen LogP contribution >= 0.6 is 11.6 Å². The number of para-hydroxylation sites is 1. The van der Waals surface area contributed by atoms with Crippen LogP contribution < -0.4 is 5.32 Å². The second kappa shape index (κ2) is 14.1. The van der Waals surface area contributed by atoms with Gasteiger partial charge in [0.15, 0.2) is 0 Å². The van der Waals surface area contributed by atoms with E-state index in [9.17, 15) is 35.5 Å². The molecule has 0 saturated carbocycles. The molecule has 1 fully saturated rings. The minimum atomic E-state index is -5.08. The first-order chi connectivity index (χ1) is 19.0. The lowest BCUT2D eigenvalue weighted by molar-refractivity contribution is -0.193. The summed E-state index contributed by atoms with van der Waals surface area (Å²) in [6, 6.07) is 9.85. The molecule has 3 aromatic rings. The molecule has 1 saturated heterocycles. The number of morpholine rings is 1. The number of nitrogens with zero attached hydrogens (tertiary/aromatic N) is 3. The van der Waals surface area contributed by atoms with E-state index in [1.165, 1.54) is 10.5 Å². The Morgan fingerprint density at radius 1 is 0.951 bits per heavy atom. The fourth-order valence-corrected chi connectivity index (χ4v) is 3.34. The Morgan fingerprint density at radius 2 is 1.49 bits per heavy atom. The van der Waals surface area contributed by atoms with Gasteiger partial charge in [0.05, 0.1) is 29.6 Å². The molecule has 3 N–H and O–H groups in total. The summed E-state index contributed by atoms with van der Waals surface area (Å²) in [5.41, 5.74) is 1.32. The van der Waals surface area contributed by atoms with Gasteiger partial charge in [-0.25, -0.2) is 19.0 Å². The average Bonchev–Trinajstić information content (AvgIpc) is 3.25. The summed E-state index contributed by atoms with van der Waals surface area (Å²) < 4.78 is 84.8. The number of nitrogens with one attached hydrogen (secondary N) is 1. The van der Waals surface area contributed by atoms with E-state index in [2.05, 4.69) is 15.2 Å². The maximum Gasteiger partial charge on any atom is 0.490 e. The molecule has 224 valence electrons. The van der Waals surface area contributed by atoms with Gasteiger partial charge in [0.1, 0.15) is 11.3 Å². The van der Waals surface area contributed by atoms with Crippen LogP contribution in [0.15, 0.2) is 42.6 Å². The lowest BCUT2D eigenvalue weighted by Gasteiger charge is -2.25. The number of benzene rings is 1. The lowest BCUT2D eigenvalue weighted by atomic mass is 10.3. The topological polar surface area (TPSA) is 133 Å². The van der Waals surface area contributed by atoms with E-state index < -0.39 is 36.0 Å². The molecule has 10 nitrogen and oxygen atoms in total. The van der Waals surface area contributed by atoms with Crippen LogP contribution in [-0.4, -0.2) is 81.0 Å². The fraction of sp³-hybridized carbons (Fsp3) is 0.304. The van der Waals surface area contributed by atoms with Crippen molar-refractivity contribution >= 4 is 40.7 Å². The molecule has 41 heavy (non-hydrogen) atoms. The monoisotopic (exact) mass is 616 g/mol. The molecule has 3 heterocycles. The zero-order chi connectivity index (χ0) is 31.0. The van der Waals surface area contributed by atoms with Crippen LogP contribution in [-0.2, 0) is 20.9 Å². The molecular weight excluding hydrogens is 597 g/mol. The third-order valence-corrected chi connectivity index (χ3v) is 5.30. The first kappa shape index (κ1) is 33.2. The van der Waals surface area contributed by atoms with Gasteiger partial charge in [-0.15, -0.1) is 0 Å². The average molecular weight is 617 g/mol. The van der Waals surface area contributed by atoms with Crippen LogP contribution in [0.1, 0.15) is 16.3 Å². The smallest absolute Gasteiger partial charge is 0.475 e. The van der Waals surface area contributed by atoms with Crippen LogP contribution in [0, 0.1) is 5.82 Å². The van der Waals surface area contributed by atoms with Crippen LogP contribution in [0.5, 0.6) is 0 Å². The van der Waals surface area contributed by atoms with Crippen LogP contribution in [0.4, 0.5) is 36.4 Å². The largest absolute Gasteiger partial charge is 0.490 e. The molecule has 0 unspecified atom stereocenters. The van der Waals surface area contributed by atoms with Gasteiger partial charge in [0.25, 0.3) is 5.91 Å². The highest BCUT2D eigenvalue weighted by Crippen LogP contribution is 2.23. The Balaban J connectivity index is 0.000000349. The van der Waals surface area contributed by atoms with Crippen molar-refractivity contribution in [1.82, 2.24) is 14.3 Å². The summed E-state index contributed by atoms with van der Waals surface area (Å²) in [5, 5.41) is 17.4. The lowest BCUT2D eigenvalue weighted by Crippen LogP contribution is -2.35. The molecule has 0 aliphatic carbocycles. The highest BCUT2D eigenvalue weighted by atomic mass is 35.5. The first-order valence-electron chi connectivity index (χ1n) is 11.1. The summed E-state index contributed by atoms with van der Waals surface area (Å²) in [4.78, 5) is 37.2. The second-order valence-corrected chi connectivity index (χ2v) is 8.29. The van der Waals surface area contributed by atoms with Crippen molar-refractivity contribution in [3.8, 4) is 0 Å². The summed E-state index contributed by atoms with van der Waals surface area (Å²) in [5.74, 6) is -6.25.